The highest BCUT2D eigenvalue weighted by molar-refractivity contribution is 5.92. The van der Waals surface area contributed by atoms with Crippen LogP contribution in [0.1, 0.15) is 35.9 Å². The molecule has 0 saturated carbocycles. The molecule has 21 heavy (non-hydrogen) atoms. The summed E-state index contributed by atoms with van der Waals surface area (Å²) in [6.45, 7) is 5.40. The molecule has 0 saturated heterocycles. The van der Waals surface area contributed by atoms with Crippen molar-refractivity contribution in [1.82, 2.24) is 9.55 Å². The van der Waals surface area contributed by atoms with E-state index >= 15 is 0 Å². The lowest BCUT2D eigenvalue weighted by Crippen LogP contribution is -2.12. The molecule has 2 aromatic rings. The summed E-state index contributed by atoms with van der Waals surface area (Å²) in [5, 5.41) is 17.8. The molecule has 0 atom stereocenters. The van der Waals surface area contributed by atoms with Crippen LogP contribution in [-0.4, -0.2) is 45.6 Å². The Labute approximate surface area is 123 Å². The molecule has 0 unspecified atom stereocenters. The van der Waals surface area contributed by atoms with Crippen LogP contribution >= 0.6 is 0 Å². The molecule has 0 aliphatic carbocycles. The van der Waals surface area contributed by atoms with E-state index in [9.17, 15) is 4.79 Å². The number of aliphatic hydroxyl groups is 1. The van der Waals surface area contributed by atoms with Gasteiger partial charge < -0.3 is 19.5 Å². The van der Waals surface area contributed by atoms with Gasteiger partial charge in [-0.05, 0) is 18.2 Å². The van der Waals surface area contributed by atoms with Crippen molar-refractivity contribution in [3.63, 3.8) is 0 Å². The maximum Gasteiger partial charge on any atom is 0.335 e. The predicted molar refractivity (Wildman–Crippen MR) is 78.7 cm³/mol. The van der Waals surface area contributed by atoms with Gasteiger partial charge in [-0.1, -0.05) is 13.8 Å². The van der Waals surface area contributed by atoms with Crippen LogP contribution in [0.25, 0.3) is 11.0 Å². The summed E-state index contributed by atoms with van der Waals surface area (Å²) < 4.78 is 7.29. The zero-order valence-electron chi connectivity index (χ0n) is 12.2. The fourth-order valence-electron chi connectivity index (χ4n) is 2.27. The molecule has 2 rings (SSSR count). The van der Waals surface area contributed by atoms with Crippen LogP contribution in [0.15, 0.2) is 18.2 Å². The number of carbonyl (C=O) groups is 1. The van der Waals surface area contributed by atoms with E-state index in [1.807, 2.05) is 18.4 Å². The molecule has 6 nitrogen and oxygen atoms in total. The van der Waals surface area contributed by atoms with Crippen LogP contribution in [0, 0.1) is 0 Å². The summed E-state index contributed by atoms with van der Waals surface area (Å²) >= 11 is 0. The van der Waals surface area contributed by atoms with E-state index in [4.69, 9.17) is 14.9 Å². The summed E-state index contributed by atoms with van der Waals surface area (Å²) in [5.41, 5.74) is 1.83. The van der Waals surface area contributed by atoms with E-state index in [1.54, 1.807) is 18.2 Å². The number of rotatable bonds is 7. The van der Waals surface area contributed by atoms with E-state index < -0.39 is 5.97 Å². The SMILES string of the molecule is CC(C)c1nc2ccc(C(=O)O)cc2n1CCOCCO. The summed E-state index contributed by atoms with van der Waals surface area (Å²) in [7, 11) is 0. The first-order valence-electron chi connectivity index (χ1n) is 6.96. The van der Waals surface area contributed by atoms with Gasteiger partial charge in [-0.15, -0.1) is 0 Å². The van der Waals surface area contributed by atoms with Crippen LogP contribution in [-0.2, 0) is 11.3 Å². The van der Waals surface area contributed by atoms with Crippen molar-refractivity contribution in [1.29, 1.82) is 0 Å². The highest BCUT2D eigenvalue weighted by atomic mass is 16.5. The van der Waals surface area contributed by atoms with Crippen molar-refractivity contribution in [2.75, 3.05) is 19.8 Å². The van der Waals surface area contributed by atoms with Gasteiger partial charge in [-0.2, -0.15) is 0 Å². The molecular formula is C15H20N2O4. The molecule has 1 aromatic heterocycles. The Morgan fingerprint density at radius 1 is 1.38 bits per heavy atom. The molecule has 114 valence electrons. The van der Waals surface area contributed by atoms with Crippen LogP contribution in [0.5, 0.6) is 0 Å². The number of ether oxygens (including phenoxy) is 1. The summed E-state index contributed by atoms with van der Waals surface area (Å²) in [5.74, 6) is 0.177. The average Bonchev–Trinajstić information content (AvgIpc) is 2.81. The number of aromatic carboxylic acids is 1. The van der Waals surface area contributed by atoms with Gasteiger partial charge in [0.15, 0.2) is 0 Å². The number of hydrogen-bond acceptors (Lipinski definition) is 4. The second-order valence-corrected chi connectivity index (χ2v) is 5.12. The molecule has 0 amide bonds. The second kappa shape index (κ2) is 6.69. The third-order valence-corrected chi connectivity index (χ3v) is 3.24. The molecule has 0 bridgehead atoms. The molecule has 0 radical (unpaired) electrons. The summed E-state index contributed by atoms with van der Waals surface area (Å²) in [4.78, 5) is 15.7. The Balaban J connectivity index is 2.39. The molecule has 0 aliphatic rings. The van der Waals surface area contributed by atoms with Gasteiger partial charge in [-0.25, -0.2) is 9.78 Å². The van der Waals surface area contributed by atoms with E-state index in [1.165, 1.54) is 0 Å². The molecule has 0 aliphatic heterocycles. The molecular weight excluding hydrogens is 272 g/mol. The first-order chi connectivity index (χ1) is 10.0. The number of fused-ring (bicyclic) bond motifs is 1. The molecule has 0 spiro atoms. The lowest BCUT2D eigenvalue weighted by molar-refractivity contribution is 0.0697. The van der Waals surface area contributed by atoms with Crippen molar-refractivity contribution in [2.45, 2.75) is 26.3 Å². The minimum Gasteiger partial charge on any atom is -0.478 e. The van der Waals surface area contributed by atoms with Crippen molar-refractivity contribution in [2.24, 2.45) is 0 Å². The smallest absolute Gasteiger partial charge is 0.335 e. The Bertz CT molecular complexity index is 634. The number of carboxylic acid groups (broad SMARTS) is 1. The first kappa shape index (κ1) is 15.5. The maximum absolute atomic E-state index is 11.1. The van der Waals surface area contributed by atoms with Crippen molar-refractivity contribution in [3.8, 4) is 0 Å². The maximum atomic E-state index is 11.1. The van der Waals surface area contributed by atoms with Gasteiger partial charge in [0.05, 0.1) is 36.4 Å². The molecule has 1 heterocycles. The third kappa shape index (κ3) is 3.40. The first-order valence-corrected chi connectivity index (χ1v) is 6.96. The zero-order valence-corrected chi connectivity index (χ0v) is 12.2. The third-order valence-electron chi connectivity index (χ3n) is 3.24. The van der Waals surface area contributed by atoms with Gasteiger partial charge in [0.1, 0.15) is 5.82 Å². The lowest BCUT2D eigenvalue weighted by Gasteiger charge is -2.11. The quantitative estimate of drug-likeness (QED) is 0.761. The van der Waals surface area contributed by atoms with E-state index in [2.05, 4.69) is 4.98 Å². The molecule has 6 heteroatoms. The Hall–Kier alpha value is -1.92. The summed E-state index contributed by atoms with van der Waals surface area (Å²) in [6.07, 6.45) is 0. The Morgan fingerprint density at radius 2 is 2.14 bits per heavy atom. The highest BCUT2D eigenvalue weighted by Gasteiger charge is 2.15. The largest absolute Gasteiger partial charge is 0.478 e. The average molecular weight is 292 g/mol. The van der Waals surface area contributed by atoms with Gasteiger partial charge >= 0.3 is 5.97 Å². The Morgan fingerprint density at radius 3 is 2.76 bits per heavy atom. The van der Waals surface area contributed by atoms with Crippen LogP contribution in [0.2, 0.25) is 0 Å². The lowest BCUT2D eigenvalue weighted by atomic mass is 10.2. The van der Waals surface area contributed by atoms with Crippen LogP contribution < -0.4 is 0 Å². The summed E-state index contributed by atoms with van der Waals surface area (Å²) in [6, 6.07) is 4.94. The topological polar surface area (TPSA) is 84.6 Å². The minimum atomic E-state index is -0.952. The van der Waals surface area contributed by atoms with Gasteiger partial charge in [0, 0.05) is 12.5 Å². The number of aromatic nitrogens is 2. The number of benzene rings is 1. The molecule has 2 N–H and O–H groups in total. The van der Waals surface area contributed by atoms with Crippen LogP contribution in [0.4, 0.5) is 0 Å². The van der Waals surface area contributed by atoms with Crippen molar-refractivity contribution < 1.29 is 19.7 Å². The normalized spacial score (nSPS) is 11.4. The van der Waals surface area contributed by atoms with Gasteiger partial charge in [-0.3, -0.25) is 0 Å². The standard InChI is InChI=1S/C15H20N2O4/c1-10(2)14-16-12-4-3-11(15(19)20)9-13(12)17(14)5-7-21-8-6-18/h3-4,9-10,18H,5-8H2,1-2H3,(H,19,20). The number of carboxylic acids is 1. The number of nitrogens with zero attached hydrogens (tertiary/aromatic N) is 2. The number of hydrogen-bond donors (Lipinski definition) is 2. The zero-order chi connectivity index (χ0) is 15.4. The predicted octanol–water partition coefficient (Wildman–Crippen LogP) is 1.87. The van der Waals surface area contributed by atoms with E-state index in [-0.39, 0.29) is 18.1 Å². The number of imidazole rings is 1. The van der Waals surface area contributed by atoms with Gasteiger partial charge in [0.2, 0.25) is 0 Å². The molecule has 1 aromatic carbocycles. The minimum absolute atomic E-state index is 0.00905. The fourth-order valence-corrected chi connectivity index (χ4v) is 2.27. The fraction of sp³-hybridized carbons (Fsp3) is 0.467. The Kier molecular flexibility index (Phi) is 4.93. The monoisotopic (exact) mass is 292 g/mol. The van der Waals surface area contributed by atoms with E-state index in [0.717, 1.165) is 16.9 Å². The number of aliphatic hydroxyl groups excluding tert-OH is 1. The van der Waals surface area contributed by atoms with E-state index in [0.29, 0.717) is 19.8 Å². The van der Waals surface area contributed by atoms with Gasteiger partial charge in [0.25, 0.3) is 0 Å². The van der Waals surface area contributed by atoms with Crippen LogP contribution in [0.3, 0.4) is 0 Å². The highest BCUT2D eigenvalue weighted by Crippen LogP contribution is 2.23. The van der Waals surface area contributed by atoms with Crippen molar-refractivity contribution >= 4 is 17.0 Å². The second-order valence-electron chi connectivity index (χ2n) is 5.12. The van der Waals surface area contributed by atoms with Crippen molar-refractivity contribution in [3.05, 3.63) is 29.6 Å². The molecule has 0 fully saturated rings.